The van der Waals surface area contributed by atoms with E-state index >= 15 is 0 Å². The van der Waals surface area contributed by atoms with Crippen molar-refractivity contribution in [2.75, 3.05) is 33.3 Å². The first-order valence-electron chi connectivity index (χ1n) is 14.1. The molecule has 0 saturated heterocycles. The number of fused-ring (bicyclic) bond motifs is 4. The zero-order valence-electron chi connectivity index (χ0n) is 24.4. The Morgan fingerprint density at radius 3 is 2.60 bits per heavy atom. The van der Waals surface area contributed by atoms with Crippen molar-refractivity contribution in [1.82, 2.24) is 35.3 Å². The molecule has 42 heavy (non-hydrogen) atoms. The maximum atomic E-state index is 13.4. The highest BCUT2D eigenvalue weighted by molar-refractivity contribution is 6.16. The van der Waals surface area contributed by atoms with E-state index in [1.165, 1.54) is 0 Å². The third-order valence-electron chi connectivity index (χ3n) is 7.79. The Morgan fingerprint density at radius 1 is 1.05 bits per heavy atom. The minimum Gasteiger partial charge on any atom is -0.496 e. The zero-order chi connectivity index (χ0) is 29.4. The van der Waals surface area contributed by atoms with Crippen molar-refractivity contribution in [3.63, 3.8) is 0 Å². The number of nitrogens with zero attached hydrogens (tertiary/aromatic N) is 5. The van der Waals surface area contributed by atoms with E-state index in [-0.39, 0.29) is 11.7 Å². The summed E-state index contributed by atoms with van der Waals surface area (Å²) in [6.07, 6.45) is 1.76. The van der Waals surface area contributed by atoms with E-state index in [1.54, 1.807) is 13.3 Å². The number of aryl methyl sites for hydroxylation is 2. The molecule has 4 heterocycles. The van der Waals surface area contributed by atoms with Gasteiger partial charge in [0.05, 0.1) is 35.0 Å². The second-order valence-electron chi connectivity index (χ2n) is 10.2. The van der Waals surface area contributed by atoms with Gasteiger partial charge in [0, 0.05) is 46.7 Å². The molecule has 2 N–H and O–H groups in total. The molecule has 2 aromatic carbocycles. The molecule has 0 atom stereocenters. The number of aromatic amines is 1. The van der Waals surface area contributed by atoms with Crippen LogP contribution in [0.3, 0.4) is 0 Å². The normalized spacial score (nSPS) is 11.7. The molecule has 6 rings (SSSR count). The molecule has 0 aliphatic carbocycles. The molecule has 4 aromatic heterocycles. The van der Waals surface area contributed by atoms with E-state index in [0.29, 0.717) is 29.4 Å². The maximum absolute atomic E-state index is 13.4. The van der Waals surface area contributed by atoms with Crippen LogP contribution >= 0.6 is 0 Å². The Bertz CT molecular complexity index is 1910. The van der Waals surface area contributed by atoms with Crippen molar-refractivity contribution < 1.29 is 14.1 Å². The number of carbonyl (C=O) groups is 1. The summed E-state index contributed by atoms with van der Waals surface area (Å²) >= 11 is 0. The number of amides is 1. The molecule has 0 unspecified atom stereocenters. The lowest BCUT2D eigenvalue weighted by atomic mass is 9.99. The fourth-order valence-corrected chi connectivity index (χ4v) is 5.60. The van der Waals surface area contributed by atoms with Crippen LogP contribution in [-0.4, -0.2) is 69.2 Å². The molecule has 10 nitrogen and oxygen atoms in total. The van der Waals surface area contributed by atoms with E-state index in [4.69, 9.17) is 19.2 Å². The number of pyridine rings is 1. The second kappa shape index (κ2) is 11.2. The smallest absolute Gasteiger partial charge is 0.289 e. The van der Waals surface area contributed by atoms with Gasteiger partial charge in [-0.25, -0.2) is 9.97 Å². The van der Waals surface area contributed by atoms with Crippen molar-refractivity contribution >= 4 is 38.7 Å². The van der Waals surface area contributed by atoms with E-state index < -0.39 is 0 Å². The van der Waals surface area contributed by atoms with Crippen LogP contribution in [-0.2, 0) is 0 Å². The average molecular weight is 564 g/mol. The molecule has 0 spiro atoms. The lowest BCUT2D eigenvalue weighted by Gasteiger charge is -2.17. The number of carbonyl (C=O) groups excluding carboxylic acids is 1. The van der Waals surface area contributed by atoms with Gasteiger partial charge in [-0.2, -0.15) is 0 Å². The first-order valence-corrected chi connectivity index (χ1v) is 14.1. The third-order valence-corrected chi connectivity index (χ3v) is 7.79. The molecular weight excluding hydrogens is 530 g/mol. The highest BCUT2D eigenvalue weighted by Crippen LogP contribution is 2.42. The van der Waals surface area contributed by atoms with Crippen LogP contribution in [0.25, 0.3) is 55.2 Å². The van der Waals surface area contributed by atoms with Crippen molar-refractivity contribution in [3.8, 4) is 28.1 Å². The average Bonchev–Trinajstić information content (AvgIpc) is 3.55. The number of hydrogen-bond acceptors (Lipinski definition) is 8. The molecular formula is C32H33N7O3. The number of benzene rings is 2. The minimum absolute atomic E-state index is 0.0995. The van der Waals surface area contributed by atoms with Crippen LogP contribution in [0.4, 0.5) is 0 Å². The Labute approximate surface area is 243 Å². The van der Waals surface area contributed by atoms with Gasteiger partial charge in [-0.05, 0) is 51.2 Å². The monoisotopic (exact) mass is 563 g/mol. The number of para-hydroxylation sites is 1. The summed E-state index contributed by atoms with van der Waals surface area (Å²) in [5.41, 5.74) is 6.24. The molecule has 6 aromatic rings. The fraction of sp³-hybridized carbons (Fsp3) is 0.281. The Hall–Kier alpha value is -4.83. The van der Waals surface area contributed by atoms with Gasteiger partial charge in [0.15, 0.2) is 0 Å². The second-order valence-corrected chi connectivity index (χ2v) is 10.2. The van der Waals surface area contributed by atoms with Gasteiger partial charge in [0.1, 0.15) is 17.2 Å². The van der Waals surface area contributed by atoms with Gasteiger partial charge in [-0.3, -0.25) is 9.78 Å². The molecule has 10 heteroatoms. The van der Waals surface area contributed by atoms with Gasteiger partial charge in [-0.15, -0.1) is 0 Å². The summed E-state index contributed by atoms with van der Waals surface area (Å²) in [4.78, 5) is 33.2. The van der Waals surface area contributed by atoms with Crippen LogP contribution in [0.15, 0.2) is 53.2 Å². The van der Waals surface area contributed by atoms with Crippen molar-refractivity contribution in [3.05, 3.63) is 65.9 Å². The van der Waals surface area contributed by atoms with Crippen molar-refractivity contribution in [2.45, 2.75) is 27.7 Å². The zero-order valence-corrected chi connectivity index (χ0v) is 24.4. The van der Waals surface area contributed by atoms with Gasteiger partial charge in [0.25, 0.3) is 5.91 Å². The Morgan fingerprint density at radius 2 is 1.86 bits per heavy atom. The van der Waals surface area contributed by atoms with E-state index in [2.05, 4.69) is 39.2 Å². The van der Waals surface area contributed by atoms with E-state index in [1.807, 2.05) is 56.3 Å². The maximum Gasteiger partial charge on any atom is 0.289 e. The van der Waals surface area contributed by atoms with Crippen molar-refractivity contribution in [1.29, 1.82) is 0 Å². The Balaban J connectivity index is 1.57. The quantitative estimate of drug-likeness (QED) is 0.230. The van der Waals surface area contributed by atoms with Crippen LogP contribution < -0.4 is 10.1 Å². The van der Waals surface area contributed by atoms with E-state index in [0.717, 1.165) is 69.2 Å². The van der Waals surface area contributed by atoms with Crippen molar-refractivity contribution in [2.24, 2.45) is 0 Å². The summed E-state index contributed by atoms with van der Waals surface area (Å²) in [5.74, 6) is 1.15. The summed E-state index contributed by atoms with van der Waals surface area (Å²) in [6.45, 7) is 11.1. The summed E-state index contributed by atoms with van der Waals surface area (Å²) in [7, 11) is 1.64. The molecule has 0 aliphatic heterocycles. The number of ether oxygens (including phenoxy) is 1. The van der Waals surface area contributed by atoms with Crippen LogP contribution in [0.2, 0.25) is 0 Å². The summed E-state index contributed by atoms with van der Waals surface area (Å²) in [5, 5.41) is 9.74. The molecule has 214 valence electrons. The molecule has 0 bridgehead atoms. The number of rotatable bonds is 9. The van der Waals surface area contributed by atoms with Crippen LogP contribution in [0.5, 0.6) is 5.75 Å². The van der Waals surface area contributed by atoms with Gasteiger partial charge in [-0.1, -0.05) is 37.2 Å². The van der Waals surface area contributed by atoms with Gasteiger partial charge in [0.2, 0.25) is 5.82 Å². The highest BCUT2D eigenvalue weighted by atomic mass is 16.5. The van der Waals surface area contributed by atoms with Gasteiger partial charge < -0.3 is 24.5 Å². The number of hydrogen-bond donors (Lipinski definition) is 2. The lowest BCUT2D eigenvalue weighted by molar-refractivity contribution is 0.0939. The molecule has 0 aliphatic rings. The first kappa shape index (κ1) is 27.3. The largest absolute Gasteiger partial charge is 0.496 e. The summed E-state index contributed by atoms with van der Waals surface area (Å²) < 4.78 is 11.3. The Kier molecular flexibility index (Phi) is 7.30. The number of aromatic nitrogens is 5. The molecule has 0 fully saturated rings. The third kappa shape index (κ3) is 4.73. The lowest BCUT2D eigenvalue weighted by Crippen LogP contribution is -2.35. The number of nitrogens with one attached hydrogen (secondary N) is 2. The molecule has 1 amide bonds. The van der Waals surface area contributed by atoms with Crippen LogP contribution in [0.1, 0.15) is 35.9 Å². The fourth-order valence-electron chi connectivity index (χ4n) is 5.60. The molecule has 0 radical (unpaired) electrons. The number of methoxy groups -OCH3 is 1. The topological polar surface area (TPSA) is 122 Å². The van der Waals surface area contributed by atoms with Gasteiger partial charge >= 0.3 is 0 Å². The predicted octanol–water partition coefficient (Wildman–Crippen LogP) is 5.68. The predicted molar refractivity (Wildman–Crippen MR) is 164 cm³/mol. The SMILES string of the molecule is CCN(CC)CCNC(=O)c1nc(-c2ccnc3ccccc23)c2c(n1)[nH]c1cc(-c3c(C)noc3C)c(OC)cc12. The number of likely N-dealkylation sites (N-methyl/N-ethyl adjacent to an activating group) is 1. The summed E-state index contributed by atoms with van der Waals surface area (Å²) in [6, 6.07) is 13.8. The standard InChI is InChI=1S/C32H33N7O3/c1-6-39(7-2)15-14-34-32(40)31-36-29(21-12-13-33-24-11-9-8-10-20(21)24)28-22-17-26(41-5)23(16-25(22)35-30(28)37-31)27-18(3)38-42-19(27)4/h8-13,16-17H,6-7,14-15H2,1-5H3,(H,34,40)(H,35,36,37). The highest BCUT2D eigenvalue weighted by Gasteiger charge is 2.23. The molecule has 0 saturated carbocycles. The first-order chi connectivity index (χ1) is 20.4. The minimum atomic E-state index is -0.323. The number of H-pyrrole nitrogens is 1. The van der Waals surface area contributed by atoms with Crippen LogP contribution in [0, 0.1) is 13.8 Å². The van der Waals surface area contributed by atoms with E-state index in [9.17, 15) is 4.79 Å².